The fourth-order valence-corrected chi connectivity index (χ4v) is 4.36. The monoisotopic (exact) mass is 413 g/mol. The molecule has 0 amide bonds. The van der Waals surface area contributed by atoms with Crippen LogP contribution in [0.5, 0.6) is 0 Å². The number of nitrogens with zero attached hydrogens (tertiary/aromatic N) is 1. The van der Waals surface area contributed by atoms with Crippen LogP contribution in [-0.2, 0) is 12.6 Å². The molecule has 29 heavy (non-hydrogen) atoms. The minimum atomic E-state index is -4.36. The first-order chi connectivity index (χ1) is 13.8. The fourth-order valence-electron chi connectivity index (χ4n) is 3.14. The third-order valence-electron chi connectivity index (χ3n) is 4.51. The average Bonchev–Trinajstić information content (AvgIpc) is 3.10. The zero-order valence-corrected chi connectivity index (χ0v) is 15.7. The summed E-state index contributed by atoms with van der Waals surface area (Å²) < 4.78 is 39.8. The smallest absolute Gasteiger partial charge is 0.416 e. The van der Waals surface area contributed by atoms with Gasteiger partial charge in [0, 0.05) is 27.8 Å². The maximum absolute atomic E-state index is 13.0. The van der Waals surface area contributed by atoms with E-state index in [4.69, 9.17) is 5.11 Å². The van der Waals surface area contributed by atoms with E-state index < -0.39 is 17.7 Å². The van der Waals surface area contributed by atoms with E-state index in [2.05, 4.69) is 4.98 Å². The number of pyridine rings is 1. The highest BCUT2D eigenvalue weighted by Gasteiger charge is 2.30. The van der Waals surface area contributed by atoms with Crippen LogP contribution in [0.4, 0.5) is 13.2 Å². The van der Waals surface area contributed by atoms with E-state index in [0.717, 1.165) is 26.6 Å². The van der Waals surface area contributed by atoms with E-state index in [-0.39, 0.29) is 5.56 Å². The third-order valence-corrected chi connectivity index (χ3v) is 5.70. The number of carboxylic acids is 1. The van der Waals surface area contributed by atoms with E-state index in [0.29, 0.717) is 17.7 Å². The number of hydrogen-bond acceptors (Lipinski definition) is 3. The molecule has 0 radical (unpaired) electrons. The molecule has 0 unspecified atom stereocenters. The normalized spacial score (nSPS) is 11.7. The van der Waals surface area contributed by atoms with Gasteiger partial charge in [-0.05, 0) is 35.2 Å². The van der Waals surface area contributed by atoms with Crippen molar-refractivity contribution in [2.45, 2.75) is 12.6 Å². The van der Waals surface area contributed by atoms with Gasteiger partial charge in [0.25, 0.3) is 0 Å². The van der Waals surface area contributed by atoms with E-state index >= 15 is 0 Å². The molecule has 2 heterocycles. The molecule has 0 spiro atoms. The van der Waals surface area contributed by atoms with E-state index in [9.17, 15) is 18.0 Å². The number of aromatic carboxylic acids is 1. The Hall–Kier alpha value is -3.19. The highest BCUT2D eigenvalue weighted by molar-refractivity contribution is 7.19. The average molecular weight is 413 g/mol. The summed E-state index contributed by atoms with van der Waals surface area (Å²) in [4.78, 5) is 16.2. The SMILES string of the molecule is O=C(O)c1ccc(-c2cccc3cc(Cc4cccc(C(F)(F)F)c4)sc23)nc1. The number of thiophene rings is 1. The third kappa shape index (κ3) is 4.00. The first kappa shape index (κ1) is 19.1. The van der Waals surface area contributed by atoms with Crippen molar-refractivity contribution < 1.29 is 23.1 Å². The molecule has 146 valence electrons. The van der Waals surface area contributed by atoms with Gasteiger partial charge in [0.2, 0.25) is 0 Å². The Kier molecular flexibility index (Phi) is 4.84. The second-order valence-corrected chi connectivity index (χ2v) is 7.69. The maximum atomic E-state index is 13.0. The summed E-state index contributed by atoms with van der Waals surface area (Å²) in [5, 5.41) is 9.99. The van der Waals surface area contributed by atoms with Crippen molar-refractivity contribution in [1.29, 1.82) is 0 Å². The van der Waals surface area contributed by atoms with Gasteiger partial charge < -0.3 is 5.11 Å². The summed E-state index contributed by atoms with van der Waals surface area (Å²) in [7, 11) is 0. The van der Waals surface area contributed by atoms with Crippen molar-refractivity contribution >= 4 is 27.4 Å². The molecule has 0 aliphatic heterocycles. The lowest BCUT2D eigenvalue weighted by Gasteiger charge is -2.08. The van der Waals surface area contributed by atoms with Gasteiger partial charge in [-0.25, -0.2) is 4.79 Å². The Morgan fingerprint density at radius 2 is 1.83 bits per heavy atom. The second-order valence-electron chi connectivity index (χ2n) is 6.55. The Morgan fingerprint density at radius 3 is 2.52 bits per heavy atom. The molecule has 3 nitrogen and oxygen atoms in total. The van der Waals surface area contributed by atoms with Gasteiger partial charge in [0.1, 0.15) is 0 Å². The minimum Gasteiger partial charge on any atom is -0.478 e. The molecular weight excluding hydrogens is 399 g/mol. The molecule has 7 heteroatoms. The standard InChI is InChI=1S/C22H14F3NO2S/c23-22(24,25)16-5-1-3-13(9-16)10-17-11-14-4-2-6-18(20(14)29-17)19-8-7-15(12-26-19)21(27)28/h1-9,11-12H,10H2,(H,27,28). The molecule has 0 atom stereocenters. The predicted octanol–water partition coefficient (Wildman–Crippen LogP) is 6.27. The van der Waals surface area contributed by atoms with Crippen LogP contribution in [-0.4, -0.2) is 16.1 Å². The topological polar surface area (TPSA) is 50.2 Å². The Bertz CT molecular complexity index is 1200. The Morgan fingerprint density at radius 1 is 1.03 bits per heavy atom. The second kappa shape index (κ2) is 7.33. The number of benzene rings is 2. The van der Waals surface area contributed by atoms with Gasteiger partial charge in [-0.2, -0.15) is 13.2 Å². The van der Waals surface area contributed by atoms with Crippen LogP contribution in [0.1, 0.15) is 26.4 Å². The molecule has 4 aromatic rings. The van der Waals surface area contributed by atoms with Gasteiger partial charge in [0.15, 0.2) is 0 Å². The van der Waals surface area contributed by atoms with Gasteiger partial charge >= 0.3 is 12.1 Å². The lowest BCUT2D eigenvalue weighted by atomic mass is 10.1. The number of hydrogen-bond donors (Lipinski definition) is 1. The summed E-state index contributed by atoms with van der Waals surface area (Å²) in [5.74, 6) is -1.04. The molecule has 1 N–H and O–H groups in total. The molecule has 0 aliphatic rings. The number of fused-ring (bicyclic) bond motifs is 1. The number of halogens is 3. The number of rotatable bonds is 4. The van der Waals surface area contributed by atoms with Crippen LogP contribution in [0.25, 0.3) is 21.3 Å². The van der Waals surface area contributed by atoms with Gasteiger partial charge in [0.05, 0.1) is 16.8 Å². The van der Waals surface area contributed by atoms with Crippen molar-refractivity contribution in [2.24, 2.45) is 0 Å². The number of aromatic nitrogens is 1. The van der Waals surface area contributed by atoms with Gasteiger partial charge in [-0.3, -0.25) is 4.98 Å². The first-order valence-electron chi connectivity index (χ1n) is 8.68. The molecule has 2 aromatic heterocycles. The van der Waals surface area contributed by atoms with E-state index in [1.165, 1.54) is 35.7 Å². The predicted molar refractivity (Wildman–Crippen MR) is 106 cm³/mol. The van der Waals surface area contributed by atoms with Crippen molar-refractivity contribution in [1.82, 2.24) is 4.98 Å². The van der Waals surface area contributed by atoms with Crippen molar-refractivity contribution in [3.63, 3.8) is 0 Å². The van der Waals surface area contributed by atoms with Crippen LogP contribution in [0.15, 0.2) is 66.9 Å². The van der Waals surface area contributed by atoms with Crippen LogP contribution in [0.3, 0.4) is 0 Å². The largest absolute Gasteiger partial charge is 0.478 e. The van der Waals surface area contributed by atoms with Gasteiger partial charge in [-0.15, -0.1) is 11.3 Å². The quantitative estimate of drug-likeness (QED) is 0.429. The van der Waals surface area contributed by atoms with Crippen molar-refractivity contribution in [3.8, 4) is 11.3 Å². The van der Waals surface area contributed by atoms with E-state index in [1.807, 2.05) is 24.3 Å². The van der Waals surface area contributed by atoms with Crippen LogP contribution in [0.2, 0.25) is 0 Å². The number of carboxylic acid groups (broad SMARTS) is 1. The highest BCUT2D eigenvalue weighted by Crippen LogP contribution is 2.36. The lowest BCUT2D eigenvalue weighted by Crippen LogP contribution is -2.05. The van der Waals surface area contributed by atoms with Crippen molar-refractivity contribution in [2.75, 3.05) is 0 Å². The zero-order valence-electron chi connectivity index (χ0n) is 14.9. The molecule has 0 saturated carbocycles. The molecule has 0 aliphatic carbocycles. The molecule has 2 aromatic carbocycles. The summed E-state index contributed by atoms with van der Waals surface area (Å²) in [6.07, 6.45) is -2.65. The fraction of sp³-hybridized carbons (Fsp3) is 0.0909. The number of alkyl halides is 3. The van der Waals surface area contributed by atoms with E-state index in [1.54, 1.807) is 12.1 Å². The first-order valence-corrected chi connectivity index (χ1v) is 9.50. The summed E-state index contributed by atoms with van der Waals surface area (Å²) >= 11 is 1.50. The lowest BCUT2D eigenvalue weighted by molar-refractivity contribution is -0.137. The number of carbonyl (C=O) groups is 1. The zero-order chi connectivity index (χ0) is 20.6. The van der Waals surface area contributed by atoms with Crippen LogP contribution in [0, 0.1) is 0 Å². The molecule has 0 fully saturated rings. The highest BCUT2D eigenvalue weighted by atomic mass is 32.1. The Labute approximate surface area is 168 Å². The summed E-state index contributed by atoms with van der Waals surface area (Å²) in [6.45, 7) is 0. The molecule has 0 saturated heterocycles. The van der Waals surface area contributed by atoms with Crippen molar-refractivity contribution in [3.05, 3.63) is 88.4 Å². The summed E-state index contributed by atoms with van der Waals surface area (Å²) in [5.41, 5.74) is 1.56. The summed E-state index contributed by atoms with van der Waals surface area (Å²) in [6, 6.07) is 16.2. The molecular formula is C22H14F3NO2S. The van der Waals surface area contributed by atoms with Crippen LogP contribution < -0.4 is 0 Å². The van der Waals surface area contributed by atoms with Crippen LogP contribution >= 0.6 is 11.3 Å². The Balaban J connectivity index is 1.69. The molecule has 0 bridgehead atoms. The maximum Gasteiger partial charge on any atom is 0.416 e. The minimum absolute atomic E-state index is 0.109. The molecule has 4 rings (SSSR count). The van der Waals surface area contributed by atoms with Gasteiger partial charge in [-0.1, -0.05) is 36.4 Å².